The lowest BCUT2D eigenvalue weighted by Gasteiger charge is -2.25. The smallest absolute Gasteiger partial charge is 0.220 e. The standard InChI is InChI=1S/C25H38N2O3/c28-25(8-4-2-1-3-7-20-9-10-20)26-22(19-27-13-5-6-14-27)17-21-11-12-23-24(18-21)30-16-15-29-23/h11-12,18,20,22H,1-10,13-17,19H2,(H,26,28)/t22-/m0/s1. The summed E-state index contributed by atoms with van der Waals surface area (Å²) in [6, 6.07) is 6.34. The summed E-state index contributed by atoms with van der Waals surface area (Å²) in [5, 5.41) is 3.34. The molecule has 1 amide bonds. The van der Waals surface area contributed by atoms with Gasteiger partial charge in [-0.15, -0.1) is 0 Å². The topological polar surface area (TPSA) is 50.8 Å². The van der Waals surface area contributed by atoms with E-state index in [-0.39, 0.29) is 11.9 Å². The number of nitrogens with one attached hydrogen (secondary N) is 1. The summed E-state index contributed by atoms with van der Waals surface area (Å²) in [4.78, 5) is 15.1. The van der Waals surface area contributed by atoms with Gasteiger partial charge >= 0.3 is 0 Å². The molecular weight excluding hydrogens is 376 g/mol. The number of benzene rings is 1. The van der Waals surface area contributed by atoms with Crippen LogP contribution >= 0.6 is 0 Å². The fourth-order valence-electron chi connectivity index (χ4n) is 4.72. The predicted octanol–water partition coefficient (Wildman–Crippen LogP) is 4.33. The maximum absolute atomic E-state index is 12.6. The molecule has 2 fully saturated rings. The number of carbonyl (C=O) groups excluding carboxylic acids is 1. The van der Waals surface area contributed by atoms with E-state index in [9.17, 15) is 4.79 Å². The molecule has 1 saturated carbocycles. The van der Waals surface area contributed by atoms with Crippen molar-refractivity contribution < 1.29 is 14.3 Å². The Bertz CT molecular complexity index is 683. The molecule has 30 heavy (non-hydrogen) atoms. The van der Waals surface area contributed by atoms with Crippen molar-refractivity contribution in [2.75, 3.05) is 32.8 Å². The van der Waals surface area contributed by atoms with Crippen molar-refractivity contribution in [2.45, 2.75) is 76.7 Å². The largest absolute Gasteiger partial charge is 0.486 e. The van der Waals surface area contributed by atoms with Crippen LogP contribution in [0.2, 0.25) is 0 Å². The Hall–Kier alpha value is -1.75. The van der Waals surface area contributed by atoms with Gasteiger partial charge in [0.1, 0.15) is 13.2 Å². The summed E-state index contributed by atoms with van der Waals surface area (Å²) < 4.78 is 11.4. The second-order valence-electron chi connectivity index (χ2n) is 9.35. The Morgan fingerprint density at radius 2 is 1.80 bits per heavy atom. The third-order valence-corrected chi connectivity index (χ3v) is 6.59. The lowest BCUT2D eigenvalue weighted by atomic mass is 10.0. The number of likely N-dealkylation sites (tertiary alicyclic amines) is 1. The van der Waals surface area contributed by atoms with E-state index in [1.54, 1.807) is 0 Å². The van der Waals surface area contributed by atoms with E-state index in [2.05, 4.69) is 22.3 Å². The molecule has 1 saturated heterocycles. The fraction of sp³-hybridized carbons (Fsp3) is 0.720. The van der Waals surface area contributed by atoms with E-state index in [4.69, 9.17) is 9.47 Å². The quantitative estimate of drug-likeness (QED) is 0.517. The van der Waals surface area contributed by atoms with E-state index in [0.717, 1.165) is 49.9 Å². The monoisotopic (exact) mass is 414 g/mol. The maximum atomic E-state index is 12.6. The van der Waals surface area contributed by atoms with Crippen LogP contribution in [0.5, 0.6) is 11.5 Å². The van der Waals surface area contributed by atoms with Crippen LogP contribution in [0.4, 0.5) is 0 Å². The van der Waals surface area contributed by atoms with Crippen LogP contribution in [0, 0.1) is 5.92 Å². The molecule has 0 unspecified atom stereocenters. The molecule has 1 atom stereocenters. The number of unbranched alkanes of at least 4 members (excludes halogenated alkanes) is 3. The minimum atomic E-state index is 0.146. The Morgan fingerprint density at radius 3 is 2.60 bits per heavy atom. The van der Waals surface area contributed by atoms with Crippen molar-refractivity contribution in [2.24, 2.45) is 5.92 Å². The predicted molar refractivity (Wildman–Crippen MR) is 119 cm³/mol. The summed E-state index contributed by atoms with van der Waals surface area (Å²) in [6.07, 6.45) is 13.1. The molecule has 0 radical (unpaired) electrons. The molecule has 5 heteroatoms. The first-order valence-corrected chi connectivity index (χ1v) is 12.2. The number of carbonyl (C=O) groups is 1. The van der Waals surface area contributed by atoms with Crippen LogP contribution in [0.15, 0.2) is 18.2 Å². The van der Waals surface area contributed by atoms with Gasteiger partial charge in [-0.3, -0.25) is 4.79 Å². The number of hydrogen-bond donors (Lipinski definition) is 1. The van der Waals surface area contributed by atoms with Crippen molar-refractivity contribution in [1.29, 1.82) is 0 Å². The SMILES string of the molecule is O=C(CCCCCCC1CC1)N[C@@H](Cc1ccc2c(c1)OCCO2)CN1CCCC1. The molecule has 2 heterocycles. The molecular formula is C25H38N2O3. The number of fused-ring (bicyclic) bond motifs is 1. The Kier molecular flexibility index (Phi) is 7.90. The van der Waals surface area contributed by atoms with Gasteiger partial charge in [0.05, 0.1) is 0 Å². The van der Waals surface area contributed by atoms with E-state index in [0.29, 0.717) is 19.6 Å². The van der Waals surface area contributed by atoms with Crippen molar-refractivity contribution >= 4 is 5.91 Å². The van der Waals surface area contributed by atoms with Crippen LogP contribution in [-0.4, -0.2) is 49.7 Å². The van der Waals surface area contributed by atoms with Gasteiger partial charge in [0.15, 0.2) is 11.5 Å². The molecule has 1 aromatic rings. The molecule has 4 rings (SSSR count). The lowest BCUT2D eigenvalue weighted by molar-refractivity contribution is -0.122. The van der Waals surface area contributed by atoms with Crippen LogP contribution in [0.25, 0.3) is 0 Å². The number of hydrogen-bond acceptors (Lipinski definition) is 4. The van der Waals surface area contributed by atoms with E-state index < -0.39 is 0 Å². The van der Waals surface area contributed by atoms with Gasteiger partial charge in [-0.25, -0.2) is 0 Å². The number of amides is 1. The third-order valence-electron chi connectivity index (χ3n) is 6.59. The number of nitrogens with zero attached hydrogens (tertiary/aromatic N) is 1. The first kappa shape index (κ1) is 21.5. The highest BCUT2D eigenvalue weighted by molar-refractivity contribution is 5.76. The van der Waals surface area contributed by atoms with E-state index >= 15 is 0 Å². The first-order chi connectivity index (χ1) is 14.8. The first-order valence-electron chi connectivity index (χ1n) is 12.2. The Morgan fingerprint density at radius 1 is 1.03 bits per heavy atom. The minimum Gasteiger partial charge on any atom is -0.486 e. The van der Waals surface area contributed by atoms with Gasteiger partial charge in [0, 0.05) is 19.0 Å². The zero-order valence-electron chi connectivity index (χ0n) is 18.4. The second kappa shape index (κ2) is 11.0. The molecule has 0 aromatic heterocycles. The van der Waals surface area contributed by atoms with Crippen molar-refractivity contribution in [3.8, 4) is 11.5 Å². The Labute approximate surface area is 181 Å². The summed E-state index contributed by atoms with van der Waals surface area (Å²) in [7, 11) is 0. The highest BCUT2D eigenvalue weighted by atomic mass is 16.6. The average Bonchev–Trinajstić information content (AvgIpc) is 3.44. The van der Waals surface area contributed by atoms with Crippen molar-refractivity contribution in [3.63, 3.8) is 0 Å². The van der Waals surface area contributed by atoms with Gasteiger partial charge in [-0.2, -0.15) is 0 Å². The number of rotatable bonds is 12. The molecule has 0 spiro atoms. The van der Waals surface area contributed by atoms with Gasteiger partial charge in [0.2, 0.25) is 5.91 Å². The van der Waals surface area contributed by atoms with Gasteiger partial charge in [0.25, 0.3) is 0 Å². The molecule has 166 valence electrons. The summed E-state index contributed by atoms with van der Waals surface area (Å²) in [5.41, 5.74) is 1.20. The lowest BCUT2D eigenvalue weighted by Crippen LogP contribution is -2.44. The van der Waals surface area contributed by atoms with Gasteiger partial charge in [-0.05, 0) is 62.4 Å². The fourth-order valence-corrected chi connectivity index (χ4v) is 4.72. The normalized spacial score (nSPS) is 19.6. The maximum Gasteiger partial charge on any atom is 0.220 e. The summed E-state index contributed by atoms with van der Waals surface area (Å²) in [6.45, 7) is 4.44. The second-order valence-corrected chi connectivity index (χ2v) is 9.35. The van der Waals surface area contributed by atoms with Gasteiger partial charge in [-0.1, -0.05) is 44.6 Å². The van der Waals surface area contributed by atoms with Crippen molar-refractivity contribution in [3.05, 3.63) is 23.8 Å². The average molecular weight is 415 g/mol. The number of ether oxygens (including phenoxy) is 2. The molecule has 1 aromatic carbocycles. The highest BCUT2D eigenvalue weighted by Gasteiger charge is 2.21. The molecule has 5 nitrogen and oxygen atoms in total. The van der Waals surface area contributed by atoms with Crippen molar-refractivity contribution in [1.82, 2.24) is 10.2 Å². The van der Waals surface area contributed by atoms with Crippen LogP contribution in [0.3, 0.4) is 0 Å². The highest BCUT2D eigenvalue weighted by Crippen LogP contribution is 2.34. The van der Waals surface area contributed by atoms with E-state index in [1.807, 2.05) is 6.07 Å². The third kappa shape index (κ3) is 6.90. The molecule has 1 N–H and O–H groups in total. The summed E-state index contributed by atoms with van der Waals surface area (Å²) in [5.74, 6) is 2.89. The Balaban J connectivity index is 1.25. The molecule has 2 aliphatic heterocycles. The van der Waals surface area contributed by atoms with Gasteiger partial charge < -0.3 is 19.7 Å². The minimum absolute atomic E-state index is 0.146. The summed E-state index contributed by atoms with van der Waals surface area (Å²) >= 11 is 0. The zero-order chi connectivity index (χ0) is 20.6. The van der Waals surface area contributed by atoms with Crippen LogP contribution in [-0.2, 0) is 11.2 Å². The van der Waals surface area contributed by atoms with E-state index in [1.165, 1.54) is 56.9 Å². The molecule has 1 aliphatic carbocycles. The van der Waals surface area contributed by atoms with Crippen LogP contribution in [0.1, 0.15) is 69.8 Å². The molecule has 3 aliphatic rings. The zero-order valence-corrected chi connectivity index (χ0v) is 18.4. The molecule has 0 bridgehead atoms. The van der Waals surface area contributed by atoms with Crippen LogP contribution < -0.4 is 14.8 Å².